The van der Waals surface area contributed by atoms with Gasteiger partial charge in [0.25, 0.3) is 5.91 Å². The van der Waals surface area contributed by atoms with Gasteiger partial charge in [-0.1, -0.05) is 29.3 Å². The van der Waals surface area contributed by atoms with Crippen LogP contribution < -0.4 is 5.32 Å². The van der Waals surface area contributed by atoms with Crippen molar-refractivity contribution in [3.8, 4) is 10.6 Å². The first-order chi connectivity index (χ1) is 10.6. The van der Waals surface area contributed by atoms with Crippen LogP contribution in [0.25, 0.3) is 10.6 Å². The molecule has 3 aromatic rings. The zero-order chi connectivity index (χ0) is 15.5. The van der Waals surface area contributed by atoms with Gasteiger partial charge in [0.1, 0.15) is 11.5 Å². The van der Waals surface area contributed by atoms with E-state index in [2.05, 4.69) is 5.32 Å². The van der Waals surface area contributed by atoms with Gasteiger partial charge in [0.15, 0.2) is 0 Å². The molecule has 0 saturated heterocycles. The van der Waals surface area contributed by atoms with Crippen molar-refractivity contribution in [2.75, 3.05) is 0 Å². The number of hydrogen-bond acceptors (Lipinski definition) is 3. The zero-order valence-electron chi connectivity index (χ0n) is 11.3. The molecule has 0 fully saturated rings. The Kier molecular flexibility index (Phi) is 4.52. The summed E-state index contributed by atoms with van der Waals surface area (Å²) in [6.07, 6.45) is 0. The molecule has 3 nitrogen and oxygen atoms in total. The maximum atomic E-state index is 12.1. The molecule has 0 bridgehead atoms. The van der Waals surface area contributed by atoms with Crippen LogP contribution in [-0.4, -0.2) is 5.91 Å². The van der Waals surface area contributed by atoms with Crippen LogP contribution in [-0.2, 0) is 6.54 Å². The maximum Gasteiger partial charge on any atom is 0.253 e. The highest BCUT2D eigenvalue weighted by Gasteiger charge is 2.12. The Hall–Kier alpha value is -1.75. The molecule has 0 atom stereocenters. The van der Waals surface area contributed by atoms with Gasteiger partial charge in [-0.05, 0) is 41.8 Å². The molecule has 6 heteroatoms. The second kappa shape index (κ2) is 6.57. The molecule has 2 heterocycles. The van der Waals surface area contributed by atoms with Crippen LogP contribution in [0, 0.1) is 0 Å². The molecule has 22 heavy (non-hydrogen) atoms. The lowest BCUT2D eigenvalue weighted by Gasteiger charge is -2.05. The molecule has 0 aliphatic carbocycles. The second-order valence-electron chi connectivity index (χ2n) is 4.55. The van der Waals surface area contributed by atoms with Crippen LogP contribution in [0.15, 0.2) is 52.3 Å². The Morgan fingerprint density at radius 3 is 2.82 bits per heavy atom. The highest BCUT2D eigenvalue weighted by atomic mass is 35.5. The van der Waals surface area contributed by atoms with Crippen LogP contribution in [0.3, 0.4) is 0 Å². The summed E-state index contributed by atoms with van der Waals surface area (Å²) in [6, 6.07) is 12.5. The van der Waals surface area contributed by atoms with Crippen LogP contribution in [0.1, 0.15) is 16.1 Å². The van der Waals surface area contributed by atoms with Gasteiger partial charge >= 0.3 is 0 Å². The predicted octanol–water partition coefficient (Wildman–Crippen LogP) is 5.24. The molecule has 0 spiro atoms. The van der Waals surface area contributed by atoms with E-state index in [-0.39, 0.29) is 12.5 Å². The molecule has 3 rings (SSSR count). The fourth-order valence-electron chi connectivity index (χ4n) is 1.96. The first-order valence-corrected chi connectivity index (χ1v) is 8.13. The van der Waals surface area contributed by atoms with Gasteiger partial charge in [-0.3, -0.25) is 4.79 Å². The van der Waals surface area contributed by atoms with E-state index in [0.29, 0.717) is 21.4 Å². The summed E-state index contributed by atoms with van der Waals surface area (Å²) in [5, 5.41) is 5.58. The molecule has 0 aliphatic rings. The van der Waals surface area contributed by atoms with Gasteiger partial charge in [0.05, 0.1) is 22.0 Å². The molecule has 2 aromatic heterocycles. The average Bonchev–Trinajstić information content (AvgIpc) is 3.17. The van der Waals surface area contributed by atoms with E-state index in [0.717, 1.165) is 10.6 Å². The average molecular weight is 352 g/mol. The number of carbonyl (C=O) groups excluding carboxylic acids is 1. The van der Waals surface area contributed by atoms with Crippen molar-refractivity contribution in [1.82, 2.24) is 5.32 Å². The van der Waals surface area contributed by atoms with E-state index in [1.54, 1.807) is 29.5 Å². The zero-order valence-corrected chi connectivity index (χ0v) is 13.6. The third-order valence-electron chi connectivity index (χ3n) is 3.02. The third kappa shape index (κ3) is 3.35. The highest BCUT2D eigenvalue weighted by Crippen LogP contribution is 2.26. The minimum absolute atomic E-state index is 0.285. The van der Waals surface area contributed by atoms with Crippen molar-refractivity contribution in [3.63, 3.8) is 0 Å². The quantitative estimate of drug-likeness (QED) is 0.697. The Balaban J connectivity index is 1.67. The van der Waals surface area contributed by atoms with Crippen molar-refractivity contribution in [3.05, 3.63) is 69.2 Å². The lowest BCUT2D eigenvalue weighted by molar-refractivity contribution is 0.0948. The van der Waals surface area contributed by atoms with Crippen molar-refractivity contribution in [2.24, 2.45) is 0 Å². The van der Waals surface area contributed by atoms with Crippen molar-refractivity contribution >= 4 is 40.4 Å². The lowest BCUT2D eigenvalue weighted by Crippen LogP contribution is -2.22. The minimum atomic E-state index is -0.290. The number of thiophene rings is 1. The standard InChI is InChI=1S/C16H11Cl2NO2S/c17-10-3-5-13(18)12(8-10)16(20)19-9-11-4-6-14(21-11)15-2-1-7-22-15/h1-8H,9H2,(H,19,20). The number of amides is 1. The van der Waals surface area contributed by atoms with Gasteiger partial charge in [-0.15, -0.1) is 11.3 Å². The number of benzene rings is 1. The minimum Gasteiger partial charge on any atom is -0.458 e. The molecule has 0 aliphatic heterocycles. The third-order valence-corrected chi connectivity index (χ3v) is 4.47. The van der Waals surface area contributed by atoms with Gasteiger partial charge in [0.2, 0.25) is 0 Å². The maximum absolute atomic E-state index is 12.1. The molecular weight excluding hydrogens is 341 g/mol. The topological polar surface area (TPSA) is 42.2 Å². The first-order valence-electron chi connectivity index (χ1n) is 6.49. The molecule has 1 N–H and O–H groups in total. The van der Waals surface area contributed by atoms with Gasteiger partial charge in [-0.25, -0.2) is 0 Å². The summed E-state index contributed by atoms with van der Waals surface area (Å²) in [6.45, 7) is 0.285. The van der Waals surface area contributed by atoms with Crippen molar-refractivity contribution in [2.45, 2.75) is 6.54 Å². The van der Waals surface area contributed by atoms with E-state index in [1.807, 2.05) is 29.6 Å². The number of nitrogens with one attached hydrogen (secondary N) is 1. The summed E-state index contributed by atoms with van der Waals surface area (Å²) < 4.78 is 5.70. The number of furan rings is 1. The van der Waals surface area contributed by atoms with Crippen molar-refractivity contribution in [1.29, 1.82) is 0 Å². The van der Waals surface area contributed by atoms with Crippen LogP contribution in [0.4, 0.5) is 0 Å². The van der Waals surface area contributed by atoms with Crippen LogP contribution in [0.5, 0.6) is 0 Å². The van der Waals surface area contributed by atoms with E-state index in [4.69, 9.17) is 27.6 Å². The monoisotopic (exact) mass is 351 g/mol. The summed E-state index contributed by atoms with van der Waals surface area (Å²) in [5.41, 5.74) is 0.346. The Morgan fingerprint density at radius 2 is 2.05 bits per heavy atom. The fraction of sp³-hybridized carbons (Fsp3) is 0.0625. The number of rotatable bonds is 4. The summed E-state index contributed by atoms with van der Waals surface area (Å²) in [4.78, 5) is 13.2. The van der Waals surface area contributed by atoms with Gasteiger partial charge in [0, 0.05) is 5.02 Å². The normalized spacial score (nSPS) is 10.6. The van der Waals surface area contributed by atoms with Crippen LogP contribution >= 0.6 is 34.5 Å². The molecule has 0 unspecified atom stereocenters. The molecule has 1 amide bonds. The van der Waals surface area contributed by atoms with Gasteiger partial charge in [-0.2, -0.15) is 0 Å². The van der Waals surface area contributed by atoms with Crippen LogP contribution in [0.2, 0.25) is 10.0 Å². The molecule has 0 radical (unpaired) electrons. The Morgan fingerprint density at radius 1 is 1.18 bits per heavy atom. The fourth-order valence-corrected chi connectivity index (χ4v) is 3.02. The molecule has 0 saturated carbocycles. The highest BCUT2D eigenvalue weighted by molar-refractivity contribution is 7.13. The largest absolute Gasteiger partial charge is 0.458 e. The summed E-state index contributed by atoms with van der Waals surface area (Å²) >= 11 is 13.5. The summed E-state index contributed by atoms with van der Waals surface area (Å²) in [5.74, 6) is 1.18. The second-order valence-corrected chi connectivity index (χ2v) is 6.34. The molecular formula is C16H11Cl2NO2S. The lowest BCUT2D eigenvalue weighted by atomic mass is 10.2. The van der Waals surface area contributed by atoms with E-state index < -0.39 is 0 Å². The van der Waals surface area contributed by atoms with E-state index in [9.17, 15) is 4.79 Å². The van der Waals surface area contributed by atoms with E-state index >= 15 is 0 Å². The predicted molar refractivity (Wildman–Crippen MR) is 89.7 cm³/mol. The Labute approximate surface area is 141 Å². The Bertz CT molecular complexity index is 796. The number of halogens is 2. The number of carbonyl (C=O) groups is 1. The van der Waals surface area contributed by atoms with Gasteiger partial charge < -0.3 is 9.73 Å². The SMILES string of the molecule is O=C(NCc1ccc(-c2cccs2)o1)c1cc(Cl)ccc1Cl. The van der Waals surface area contributed by atoms with Crippen molar-refractivity contribution < 1.29 is 9.21 Å². The molecule has 1 aromatic carbocycles. The molecule has 112 valence electrons. The summed E-state index contributed by atoms with van der Waals surface area (Å²) in [7, 11) is 0. The number of hydrogen-bond donors (Lipinski definition) is 1. The van der Waals surface area contributed by atoms with E-state index in [1.165, 1.54) is 0 Å². The first kappa shape index (κ1) is 15.2. The smallest absolute Gasteiger partial charge is 0.253 e.